The standard InChI is InChI=1S/C22H26N2O3/c25-20(18-6-2-1-3-7-18)9-5-11-23-12-14-24(15-13-23)19-8-4-10-21-22(19)27-17-16-26-21/h1-4,6-8,10H,5,9,11-17H2/p+2. The van der Waals surface area contributed by atoms with Crippen LogP contribution in [0.5, 0.6) is 11.5 Å². The van der Waals surface area contributed by atoms with Crippen LogP contribution in [0.3, 0.4) is 0 Å². The minimum atomic E-state index is 0.257. The van der Waals surface area contributed by atoms with Gasteiger partial charge in [0.2, 0.25) is 5.75 Å². The van der Waals surface area contributed by atoms with E-state index in [2.05, 4.69) is 12.1 Å². The molecule has 2 heterocycles. The maximum atomic E-state index is 12.2. The van der Waals surface area contributed by atoms with Gasteiger partial charge in [-0.15, -0.1) is 0 Å². The van der Waals surface area contributed by atoms with Crippen molar-refractivity contribution in [2.75, 3.05) is 45.9 Å². The topological polar surface area (TPSA) is 44.4 Å². The number of benzene rings is 2. The van der Waals surface area contributed by atoms with Crippen LogP contribution in [-0.2, 0) is 0 Å². The summed E-state index contributed by atoms with van der Waals surface area (Å²) in [7, 11) is 0. The highest BCUT2D eigenvalue weighted by Crippen LogP contribution is 2.35. The van der Waals surface area contributed by atoms with Crippen LogP contribution in [0, 0.1) is 0 Å². The number of ketones is 1. The molecular formula is C22H28N2O3+2. The lowest BCUT2D eigenvalue weighted by atomic mass is 10.1. The van der Waals surface area contributed by atoms with Crippen molar-refractivity contribution < 1.29 is 24.1 Å². The van der Waals surface area contributed by atoms with Gasteiger partial charge in [-0.1, -0.05) is 36.4 Å². The highest BCUT2D eigenvalue weighted by molar-refractivity contribution is 5.95. The molecule has 0 saturated carbocycles. The second-order valence-corrected chi connectivity index (χ2v) is 7.33. The van der Waals surface area contributed by atoms with Crippen molar-refractivity contribution in [2.45, 2.75) is 12.8 Å². The van der Waals surface area contributed by atoms with Crippen LogP contribution in [-0.4, -0.2) is 51.7 Å². The van der Waals surface area contributed by atoms with Crippen molar-refractivity contribution in [3.63, 3.8) is 0 Å². The predicted molar refractivity (Wildman–Crippen MR) is 103 cm³/mol. The zero-order chi connectivity index (χ0) is 18.5. The number of carbonyl (C=O) groups is 1. The Balaban J connectivity index is 1.26. The minimum Gasteiger partial charge on any atom is -0.486 e. The van der Waals surface area contributed by atoms with E-state index in [4.69, 9.17) is 9.47 Å². The molecule has 5 heteroatoms. The first-order chi connectivity index (χ1) is 13.3. The van der Waals surface area contributed by atoms with Gasteiger partial charge in [-0.2, -0.15) is 0 Å². The first-order valence-electron chi connectivity index (χ1n) is 9.97. The molecule has 4 rings (SSSR count). The van der Waals surface area contributed by atoms with E-state index in [0.29, 0.717) is 19.6 Å². The molecule has 0 radical (unpaired) electrons. The summed E-state index contributed by atoms with van der Waals surface area (Å²) in [5.41, 5.74) is 2.06. The van der Waals surface area contributed by atoms with Gasteiger partial charge in [0.1, 0.15) is 39.4 Å². The molecule has 0 unspecified atom stereocenters. The molecular weight excluding hydrogens is 340 g/mol. The normalized spacial score (nSPS) is 21.6. The Morgan fingerprint density at radius 3 is 2.48 bits per heavy atom. The largest absolute Gasteiger partial charge is 0.486 e. The van der Waals surface area contributed by atoms with Crippen molar-refractivity contribution in [1.82, 2.24) is 0 Å². The molecule has 2 aliphatic rings. The Bertz CT molecular complexity index is 770. The Morgan fingerprint density at radius 1 is 0.889 bits per heavy atom. The number of Topliss-reactive ketones (excluding diaryl/α,β-unsaturated/α-hetero) is 1. The maximum Gasteiger partial charge on any atom is 0.223 e. The maximum absolute atomic E-state index is 12.2. The number of carbonyl (C=O) groups excluding carboxylic acids is 1. The average molecular weight is 368 g/mol. The number of para-hydroxylation sites is 1. The van der Waals surface area contributed by atoms with E-state index < -0.39 is 0 Å². The van der Waals surface area contributed by atoms with Crippen molar-refractivity contribution in [3.8, 4) is 11.5 Å². The van der Waals surface area contributed by atoms with Crippen LogP contribution in [0.25, 0.3) is 0 Å². The summed E-state index contributed by atoms with van der Waals surface area (Å²) in [5, 5.41) is 0. The van der Waals surface area contributed by atoms with E-state index in [-0.39, 0.29) is 5.78 Å². The van der Waals surface area contributed by atoms with Crippen molar-refractivity contribution in [1.29, 1.82) is 0 Å². The molecule has 1 saturated heterocycles. The predicted octanol–water partition coefficient (Wildman–Crippen LogP) is 0.536. The van der Waals surface area contributed by atoms with Crippen LogP contribution in [0.4, 0.5) is 5.69 Å². The molecule has 0 bridgehead atoms. The second-order valence-electron chi connectivity index (χ2n) is 7.33. The van der Waals surface area contributed by atoms with Gasteiger partial charge in [0.25, 0.3) is 0 Å². The number of rotatable bonds is 6. The third-order valence-electron chi connectivity index (χ3n) is 5.54. The van der Waals surface area contributed by atoms with Crippen LogP contribution in [0.2, 0.25) is 0 Å². The summed E-state index contributed by atoms with van der Waals surface area (Å²) < 4.78 is 11.6. The number of hydrogen-bond acceptors (Lipinski definition) is 3. The zero-order valence-corrected chi connectivity index (χ0v) is 15.7. The Morgan fingerprint density at radius 2 is 1.67 bits per heavy atom. The molecule has 0 amide bonds. The summed E-state index contributed by atoms with van der Waals surface area (Å²) in [6, 6.07) is 15.8. The molecule has 0 aromatic heterocycles. The van der Waals surface area contributed by atoms with Gasteiger partial charge >= 0.3 is 0 Å². The van der Waals surface area contributed by atoms with E-state index in [1.165, 1.54) is 10.6 Å². The number of ether oxygens (including phenoxy) is 2. The highest BCUT2D eigenvalue weighted by atomic mass is 16.6. The number of hydrogen-bond donors (Lipinski definition) is 2. The van der Waals surface area contributed by atoms with E-state index >= 15 is 0 Å². The van der Waals surface area contributed by atoms with Gasteiger partial charge in [-0.3, -0.25) is 9.69 Å². The van der Waals surface area contributed by atoms with E-state index in [9.17, 15) is 4.79 Å². The average Bonchev–Trinajstić information content (AvgIpc) is 2.74. The van der Waals surface area contributed by atoms with Crippen LogP contribution in [0.15, 0.2) is 48.5 Å². The molecule has 1 fully saturated rings. The summed E-state index contributed by atoms with van der Waals surface area (Å²) in [6.07, 6.45) is 1.59. The number of piperazine rings is 1. The lowest BCUT2D eigenvalue weighted by Gasteiger charge is -2.31. The van der Waals surface area contributed by atoms with Crippen molar-refractivity contribution >= 4 is 11.5 Å². The molecule has 142 valence electrons. The summed E-state index contributed by atoms with van der Waals surface area (Å²) in [4.78, 5) is 15.3. The molecule has 2 aliphatic heterocycles. The first-order valence-corrected chi connectivity index (χ1v) is 9.97. The number of fused-ring (bicyclic) bond motifs is 1. The second kappa shape index (κ2) is 8.55. The van der Waals surface area contributed by atoms with Crippen molar-refractivity contribution in [3.05, 3.63) is 54.1 Å². The lowest BCUT2D eigenvalue weighted by molar-refractivity contribution is -0.986. The van der Waals surface area contributed by atoms with E-state index in [0.717, 1.165) is 56.2 Å². The monoisotopic (exact) mass is 368 g/mol. The third-order valence-corrected chi connectivity index (χ3v) is 5.54. The summed E-state index contributed by atoms with van der Waals surface area (Å²) >= 11 is 0. The quantitative estimate of drug-likeness (QED) is 0.732. The van der Waals surface area contributed by atoms with E-state index in [1.807, 2.05) is 36.4 Å². The van der Waals surface area contributed by atoms with Crippen LogP contribution in [0.1, 0.15) is 23.2 Å². The Labute approximate surface area is 160 Å². The molecule has 2 N–H and O–H groups in total. The molecule has 5 nitrogen and oxygen atoms in total. The fourth-order valence-electron chi connectivity index (χ4n) is 4.04. The van der Waals surface area contributed by atoms with Gasteiger partial charge in [0.05, 0.1) is 6.54 Å². The fourth-order valence-corrected chi connectivity index (χ4v) is 4.04. The van der Waals surface area contributed by atoms with E-state index in [1.54, 1.807) is 4.90 Å². The SMILES string of the molecule is O=C(CCC[NH+]1CC[NH+](c2cccc3c2OCCO3)CC1)c1ccccc1. The number of quaternary nitrogens is 2. The Kier molecular flexibility index (Phi) is 5.70. The minimum absolute atomic E-state index is 0.257. The zero-order valence-electron chi connectivity index (χ0n) is 15.7. The van der Waals surface area contributed by atoms with Gasteiger partial charge in [0, 0.05) is 24.5 Å². The molecule has 0 aliphatic carbocycles. The Hall–Kier alpha value is -2.37. The molecule has 0 atom stereocenters. The van der Waals surface area contributed by atoms with Crippen LogP contribution >= 0.6 is 0 Å². The van der Waals surface area contributed by atoms with Gasteiger partial charge in [0.15, 0.2) is 17.2 Å². The van der Waals surface area contributed by atoms with Crippen LogP contribution < -0.4 is 19.3 Å². The summed E-state index contributed by atoms with van der Waals surface area (Å²) in [5.74, 6) is 2.06. The molecule has 0 spiro atoms. The number of nitrogens with one attached hydrogen (secondary N) is 2. The molecule has 2 aromatic rings. The first kappa shape index (κ1) is 18.0. The summed E-state index contributed by atoms with van der Waals surface area (Å²) in [6.45, 7) is 6.75. The smallest absolute Gasteiger partial charge is 0.223 e. The molecule has 2 aromatic carbocycles. The van der Waals surface area contributed by atoms with Gasteiger partial charge in [-0.25, -0.2) is 0 Å². The lowest BCUT2D eigenvalue weighted by Crippen LogP contribution is -3.26. The van der Waals surface area contributed by atoms with Gasteiger partial charge in [-0.05, 0) is 6.07 Å². The van der Waals surface area contributed by atoms with Gasteiger partial charge < -0.3 is 14.4 Å². The fraction of sp³-hybridized carbons (Fsp3) is 0.409. The highest BCUT2D eigenvalue weighted by Gasteiger charge is 2.29. The van der Waals surface area contributed by atoms with Crippen molar-refractivity contribution in [2.24, 2.45) is 0 Å². The third kappa shape index (κ3) is 4.31. The molecule has 27 heavy (non-hydrogen) atoms.